The van der Waals surface area contributed by atoms with E-state index in [1.807, 2.05) is 0 Å². The van der Waals surface area contributed by atoms with Crippen LogP contribution in [0.3, 0.4) is 0 Å². The van der Waals surface area contributed by atoms with E-state index >= 15 is 0 Å². The fraction of sp³-hybridized carbons (Fsp3) is 1.00. The second-order valence-corrected chi connectivity index (χ2v) is 5.00. The van der Waals surface area contributed by atoms with Crippen LogP contribution in [-0.2, 0) is 9.30 Å². The van der Waals surface area contributed by atoms with Gasteiger partial charge in [-0.25, -0.2) is 0 Å². The van der Waals surface area contributed by atoms with Gasteiger partial charge >= 0.3 is 7.60 Å². The molecule has 5 atom stereocenters. The molecule has 0 aromatic rings. The number of aliphatic hydroxyl groups is 4. The van der Waals surface area contributed by atoms with E-state index in [-0.39, 0.29) is 0 Å². The highest BCUT2D eigenvalue weighted by Crippen LogP contribution is 2.46. The van der Waals surface area contributed by atoms with Crippen molar-refractivity contribution in [1.29, 1.82) is 0 Å². The first-order chi connectivity index (χ1) is 6.79. The molecule has 8 nitrogen and oxygen atoms in total. The summed E-state index contributed by atoms with van der Waals surface area (Å²) >= 11 is 0. The van der Waals surface area contributed by atoms with Crippen molar-refractivity contribution < 1.29 is 39.5 Å². The summed E-state index contributed by atoms with van der Waals surface area (Å²) in [6.07, 6.45) is -6.59. The summed E-state index contributed by atoms with van der Waals surface area (Å²) in [6.45, 7) is -0.721. The molecule has 0 aliphatic carbocycles. The van der Waals surface area contributed by atoms with Gasteiger partial charge in [-0.1, -0.05) is 0 Å². The Kier molecular flexibility index (Phi) is 3.85. The molecule has 0 amide bonds. The zero-order valence-electron chi connectivity index (χ0n) is 7.54. The van der Waals surface area contributed by atoms with Crippen LogP contribution in [0, 0.1) is 0 Å². The molecule has 1 fully saturated rings. The molecule has 90 valence electrons. The van der Waals surface area contributed by atoms with Crippen LogP contribution in [0.15, 0.2) is 0 Å². The van der Waals surface area contributed by atoms with Gasteiger partial charge in [-0.3, -0.25) is 4.57 Å². The molecule has 1 rings (SSSR count). The normalized spacial score (nSPS) is 42.9. The molecule has 0 radical (unpaired) electrons. The molecular formula is C6H13O8P. The van der Waals surface area contributed by atoms with Crippen LogP contribution in [0.2, 0.25) is 0 Å². The van der Waals surface area contributed by atoms with Crippen LogP contribution < -0.4 is 0 Å². The minimum atomic E-state index is -4.77. The Morgan fingerprint density at radius 3 is 2.00 bits per heavy atom. The third-order valence-corrected chi connectivity index (χ3v) is 3.29. The zero-order valence-corrected chi connectivity index (χ0v) is 8.44. The molecule has 0 saturated carbocycles. The van der Waals surface area contributed by atoms with Gasteiger partial charge in [0.15, 0.2) is 5.85 Å². The molecule has 15 heavy (non-hydrogen) atoms. The first kappa shape index (κ1) is 13.0. The number of hydrogen-bond donors (Lipinski definition) is 6. The van der Waals surface area contributed by atoms with Crippen molar-refractivity contribution in [1.82, 2.24) is 0 Å². The molecule has 0 aromatic heterocycles. The SMILES string of the molecule is O=P(O)(O)[C@H]1OC(CO)[C@H](O)C(O)C1O. The maximum absolute atomic E-state index is 10.8. The van der Waals surface area contributed by atoms with E-state index in [0.29, 0.717) is 0 Å². The highest BCUT2D eigenvalue weighted by atomic mass is 31.2. The Hall–Kier alpha value is -0.0500. The van der Waals surface area contributed by atoms with E-state index in [2.05, 4.69) is 4.74 Å². The molecule has 0 aromatic carbocycles. The summed E-state index contributed by atoms with van der Waals surface area (Å²) < 4.78 is 15.5. The standard InChI is InChI=1S/C6H13O8P/c7-1-2-3(8)4(9)5(10)6(14-2)15(11,12)13/h2-10H,1H2,(H2,11,12,13)/t2?,3-,4?,5?,6+/m0/s1. The first-order valence-corrected chi connectivity index (χ1v) is 5.83. The van der Waals surface area contributed by atoms with Gasteiger partial charge in [-0.05, 0) is 0 Å². The van der Waals surface area contributed by atoms with Gasteiger partial charge in [0.1, 0.15) is 24.4 Å². The van der Waals surface area contributed by atoms with Crippen molar-refractivity contribution in [3.05, 3.63) is 0 Å². The van der Waals surface area contributed by atoms with E-state index in [0.717, 1.165) is 0 Å². The van der Waals surface area contributed by atoms with Crippen molar-refractivity contribution in [3.63, 3.8) is 0 Å². The molecule has 0 bridgehead atoms. The molecule has 3 unspecified atom stereocenters. The van der Waals surface area contributed by atoms with Crippen LogP contribution in [0.5, 0.6) is 0 Å². The molecule has 6 N–H and O–H groups in total. The number of aliphatic hydroxyl groups excluding tert-OH is 4. The largest absolute Gasteiger partial charge is 0.394 e. The van der Waals surface area contributed by atoms with E-state index in [9.17, 15) is 19.9 Å². The molecule has 1 heterocycles. The number of rotatable bonds is 2. The van der Waals surface area contributed by atoms with Gasteiger partial charge in [-0.15, -0.1) is 0 Å². The maximum atomic E-state index is 10.8. The summed E-state index contributed by atoms with van der Waals surface area (Å²) in [6, 6.07) is 0. The Balaban J connectivity index is 2.88. The predicted molar refractivity (Wildman–Crippen MR) is 45.8 cm³/mol. The van der Waals surface area contributed by atoms with Crippen LogP contribution in [0.1, 0.15) is 0 Å². The van der Waals surface area contributed by atoms with E-state index < -0.39 is 44.5 Å². The Labute approximate surface area is 84.9 Å². The highest BCUT2D eigenvalue weighted by Gasteiger charge is 2.50. The maximum Gasteiger partial charge on any atom is 0.356 e. The second kappa shape index (κ2) is 4.44. The summed E-state index contributed by atoms with van der Waals surface area (Å²) in [4.78, 5) is 17.6. The van der Waals surface area contributed by atoms with Gasteiger partial charge in [0.05, 0.1) is 6.61 Å². The van der Waals surface area contributed by atoms with E-state index in [4.69, 9.17) is 14.9 Å². The Morgan fingerprint density at radius 1 is 1.07 bits per heavy atom. The van der Waals surface area contributed by atoms with Crippen molar-refractivity contribution in [3.8, 4) is 0 Å². The summed E-state index contributed by atoms with van der Waals surface area (Å²) in [5, 5.41) is 36.5. The van der Waals surface area contributed by atoms with Crippen LogP contribution in [0.25, 0.3) is 0 Å². The lowest BCUT2D eigenvalue weighted by molar-refractivity contribution is -0.211. The zero-order chi connectivity index (χ0) is 11.8. The van der Waals surface area contributed by atoms with Gasteiger partial charge in [0, 0.05) is 0 Å². The molecule has 1 aliphatic rings. The lowest BCUT2D eigenvalue weighted by Gasteiger charge is -2.39. The molecule has 0 spiro atoms. The third-order valence-electron chi connectivity index (χ3n) is 2.20. The van der Waals surface area contributed by atoms with Gasteiger partial charge in [-0.2, -0.15) is 0 Å². The van der Waals surface area contributed by atoms with Crippen LogP contribution >= 0.6 is 7.60 Å². The second-order valence-electron chi connectivity index (χ2n) is 3.31. The molecular weight excluding hydrogens is 231 g/mol. The predicted octanol–water partition coefficient (Wildman–Crippen LogP) is -3.04. The average molecular weight is 244 g/mol. The van der Waals surface area contributed by atoms with Crippen molar-refractivity contribution in [2.75, 3.05) is 6.61 Å². The highest BCUT2D eigenvalue weighted by molar-refractivity contribution is 7.52. The number of hydrogen-bond acceptors (Lipinski definition) is 6. The number of ether oxygens (including phenoxy) is 1. The van der Waals surface area contributed by atoms with Crippen LogP contribution in [0.4, 0.5) is 0 Å². The lowest BCUT2D eigenvalue weighted by Crippen LogP contribution is -2.58. The van der Waals surface area contributed by atoms with Gasteiger partial charge in [0.2, 0.25) is 0 Å². The van der Waals surface area contributed by atoms with Gasteiger partial charge < -0.3 is 34.9 Å². The lowest BCUT2D eigenvalue weighted by atomic mass is 10.0. The van der Waals surface area contributed by atoms with Crippen molar-refractivity contribution >= 4 is 7.60 Å². The minimum Gasteiger partial charge on any atom is -0.394 e. The summed E-state index contributed by atoms with van der Waals surface area (Å²) in [5.74, 6) is -1.94. The van der Waals surface area contributed by atoms with Crippen molar-refractivity contribution in [2.45, 2.75) is 30.3 Å². The minimum absolute atomic E-state index is 0.721. The summed E-state index contributed by atoms with van der Waals surface area (Å²) in [7, 11) is -4.77. The van der Waals surface area contributed by atoms with Crippen LogP contribution in [-0.4, -0.2) is 67.1 Å². The van der Waals surface area contributed by atoms with Gasteiger partial charge in [0.25, 0.3) is 0 Å². The molecule has 1 saturated heterocycles. The monoisotopic (exact) mass is 244 g/mol. The molecule has 1 aliphatic heterocycles. The first-order valence-electron chi connectivity index (χ1n) is 4.14. The quantitative estimate of drug-likeness (QED) is 0.281. The topological polar surface area (TPSA) is 148 Å². The fourth-order valence-corrected chi connectivity index (χ4v) is 2.25. The molecule has 9 heteroatoms. The average Bonchev–Trinajstić information content (AvgIpc) is 2.13. The van der Waals surface area contributed by atoms with E-state index in [1.165, 1.54) is 0 Å². The Morgan fingerprint density at radius 2 is 1.60 bits per heavy atom. The third kappa shape index (κ3) is 2.55. The smallest absolute Gasteiger partial charge is 0.356 e. The fourth-order valence-electron chi connectivity index (χ4n) is 1.36. The Bertz CT molecular complexity index is 262. The van der Waals surface area contributed by atoms with E-state index in [1.54, 1.807) is 0 Å². The summed E-state index contributed by atoms with van der Waals surface area (Å²) in [5.41, 5.74) is 0. The van der Waals surface area contributed by atoms with Crippen molar-refractivity contribution in [2.24, 2.45) is 0 Å².